The standard InChI is InChI=1S/C12H21F3N2O3/c1-3-11(2)8-17(5-7-20-11)10(18)16-4-6-19-9-12(13,14)15/h3-9H2,1-2H3,(H,16,18)/t11-/m0/s1. The number of nitrogens with one attached hydrogen (secondary N) is 1. The Labute approximate surface area is 116 Å². The van der Waals surface area contributed by atoms with E-state index in [2.05, 4.69) is 10.1 Å². The minimum Gasteiger partial charge on any atom is -0.372 e. The normalized spacial score (nSPS) is 23.8. The molecule has 0 radical (unpaired) electrons. The molecule has 0 aliphatic carbocycles. The lowest BCUT2D eigenvalue weighted by molar-refractivity contribution is -0.173. The molecule has 1 aliphatic rings. The summed E-state index contributed by atoms with van der Waals surface area (Å²) >= 11 is 0. The van der Waals surface area contributed by atoms with Gasteiger partial charge in [-0.2, -0.15) is 13.2 Å². The summed E-state index contributed by atoms with van der Waals surface area (Å²) in [6, 6.07) is -0.302. The van der Waals surface area contributed by atoms with Crippen LogP contribution in [0.3, 0.4) is 0 Å². The molecule has 1 saturated heterocycles. The van der Waals surface area contributed by atoms with Gasteiger partial charge in [0, 0.05) is 13.1 Å². The molecule has 0 bridgehead atoms. The van der Waals surface area contributed by atoms with E-state index in [1.807, 2.05) is 13.8 Å². The lowest BCUT2D eigenvalue weighted by Gasteiger charge is -2.39. The second-order valence-electron chi connectivity index (χ2n) is 4.97. The second kappa shape index (κ2) is 7.12. The second-order valence-corrected chi connectivity index (χ2v) is 4.97. The maximum atomic E-state index is 11.8. The van der Waals surface area contributed by atoms with Crippen LogP contribution in [0, 0.1) is 0 Å². The van der Waals surface area contributed by atoms with Crippen LogP contribution in [0.15, 0.2) is 0 Å². The van der Waals surface area contributed by atoms with E-state index in [9.17, 15) is 18.0 Å². The molecule has 1 atom stereocenters. The number of amides is 2. The number of carbonyl (C=O) groups excluding carboxylic acids is 1. The maximum absolute atomic E-state index is 11.8. The van der Waals surface area contributed by atoms with E-state index in [0.717, 1.165) is 6.42 Å². The van der Waals surface area contributed by atoms with Crippen LogP contribution in [0.5, 0.6) is 0 Å². The van der Waals surface area contributed by atoms with Crippen molar-refractivity contribution in [2.24, 2.45) is 0 Å². The quantitative estimate of drug-likeness (QED) is 0.787. The molecule has 118 valence electrons. The van der Waals surface area contributed by atoms with Gasteiger partial charge in [0.05, 0.1) is 25.4 Å². The van der Waals surface area contributed by atoms with Crippen molar-refractivity contribution in [1.82, 2.24) is 10.2 Å². The zero-order valence-electron chi connectivity index (χ0n) is 11.8. The van der Waals surface area contributed by atoms with Crippen LogP contribution in [-0.2, 0) is 9.47 Å². The predicted molar refractivity (Wildman–Crippen MR) is 66.5 cm³/mol. The van der Waals surface area contributed by atoms with Crippen molar-refractivity contribution in [3.63, 3.8) is 0 Å². The van der Waals surface area contributed by atoms with Gasteiger partial charge in [0.25, 0.3) is 0 Å². The number of alkyl halides is 3. The first-order chi connectivity index (χ1) is 9.26. The van der Waals surface area contributed by atoms with Crippen LogP contribution in [0.2, 0.25) is 0 Å². The smallest absolute Gasteiger partial charge is 0.372 e. The molecule has 1 heterocycles. The van der Waals surface area contributed by atoms with Gasteiger partial charge in [-0.15, -0.1) is 0 Å². The molecule has 0 unspecified atom stereocenters. The average Bonchev–Trinajstić information content (AvgIpc) is 2.37. The molecule has 0 saturated carbocycles. The molecule has 8 heteroatoms. The van der Waals surface area contributed by atoms with E-state index in [1.54, 1.807) is 4.90 Å². The molecule has 5 nitrogen and oxygen atoms in total. The number of halogens is 3. The molecule has 1 aliphatic heterocycles. The molecule has 2 amide bonds. The SMILES string of the molecule is CC[C@@]1(C)CN(C(=O)NCCOCC(F)(F)F)CCO1. The molecular weight excluding hydrogens is 277 g/mol. The molecule has 0 aromatic carbocycles. The Kier molecular flexibility index (Phi) is 6.07. The summed E-state index contributed by atoms with van der Waals surface area (Å²) in [4.78, 5) is 13.5. The first kappa shape index (κ1) is 17.0. The van der Waals surface area contributed by atoms with Crippen molar-refractivity contribution >= 4 is 6.03 Å². The largest absolute Gasteiger partial charge is 0.411 e. The average molecular weight is 298 g/mol. The monoisotopic (exact) mass is 298 g/mol. The van der Waals surface area contributed by atoms with Crippen LogP contribution in [0.25, 0.3) is 0 Å². The summed E-state index contributed by atoms with van der Waals surface area (Å²) in [7, 11) is 0. The van der Waals surface area contributed by atoms with Crippen molar-refractivity contribution in [2.75, 3.05) is 39.5 Å². The van der Waals surface area contributed by atoms with Crippen LogP contribution >= 0.6 is 0 Å². The fraction of sp³-hybridized carbons (Fsp3) is 0.917. The van der Waals surface area contributed by atoms with E-state index in [4.69, 9.17) is 4.74 Å². The maximum Gasteiger partial charge on any atom is 0.411 e. The fourth-order valence-corrected chi connectivity index (χ4v) is 1.85. The van der Waals surface area contributed by atoms with Gasteiger partial charge < -0.3 is 19.7 Å². The summed E-state index contributed by atoms with van der Waals surface area (Å²) in [5.41, 5.74) is -0.359. The minimum atomic E-state index is -4.34. The summed E-state index contributed by atoms with van der Waals surface area (Å²) in [5.74, 6) is 0. The van der Waals surface area contributed by atoms with E-state index in [-0.39, 0.29) is 24.8 Å². The number of hydrogen-bond acceptors (Lipinski definition) is 3. The van der Waals surface area contributed by atoms with Crippen LogP contribution in [0.4, 0.5) is 18.0 Å². The van der Waals surface area contributed by atoms with Crippen molar-refractivity contribution in [3.05, 3.63) is 0 Å². The Hall–Kier alpha value is -1.02. The highest BCUT2D eigenvalue weighted by Crippen LogP contribution is 2.20. The summed E-state index contributed by atoms with van der Waals surface area (Å²) < 4.78 is 45.5. The highest BCUT2D eigenvalue weighted by atomic mass is 19.4. The van der Waals surface area contributed by atoms with Crippen molar-refractivity contribution < 1.29 is 27.4 Å². The Morgan fingerprint density at radius 1 is 1.50 bits per heavy atom. The minimum absolute atomic E-state index is 0.0507. The van der Waals surface area contributed by atoms with Crippen molar-refractivity contribution in [1.29, 1.82) is 0 Å². The van der Waals surface area contributed by atoms with Gasteiger partial charge in [0.2, 0.25) is 0 Å². The van der Waals surface area contributed by atoms with Gasteiger partial charge in [-0.1, -0.05) is 6.92 Å². The van der Waals surface area contributed by atoms with E-state index < -0.39 is 12.8 Å². The molecule has 1 fully saturated rings. The van der Waals surface area contributed by atoms with Crippen molar-refractivity contribution in [2.45, 2.75) is 32.0 Å². The van der Waals surface area contributed by atoms with Gasteiger partial charge in [-0.05, 0) is 13.3 Å². The van der Waals surface area contributed by atoms with Gasteiger partial charge in [-0.3, -0.25) is 0 Å². The van der Waals surface area contributed by atoms with Crippen molar-refractivity contribution in [3.8, 4) is 0 Å². The Morgan fingerprint density at radius 2 is 2.20 bits per heavy atom. The Balaban J connectivity index is 2.22. The van der Waals surface area contributed by atoms with Gasteiger partial charge in [0.15, 0.2) is 0 Å². The molecular formula is C12H21F3N2O3. The lowest BCUT2D eigenvalue weighted by atomic mass is 10.0. The molecule has 0 spiro atoms. The number of urea groups is 1. The summed E-state index contributed by atoms with van der Waals surface area (Å²) in [6.07, 6.45) is -3.55. The zero-order chi connectivity index (χ0) is 15.2. The number of hydrogen-bond donors (Lipinski definition) is 1. The first-order valence-corrected chi connectivity index (χ1v) is 6.57. The van der Waals surface area contributed by atoms with Gasteiger partial charge >= 0.3 is 12.2 Å². The Morgan fingerprint density at radius 3 is 2.80 bits per heavy atom. The zero-order valence-corrected chi connectivity index (χ0v) is 11.8. The molecule has 0 aromatic heterocycles. The van der Waals surface area contributed by atoms with E-state index in [1.165, 1.54) is 0 Å². The summed E-state index contributed by atoms with van der Waals surface area (Å²) in [5, 5.41) is 2.54. The number of morpholine rings is 1. The van der Waals surface area contributed by atoms with Crippen LogP contribution in [0.1, 0.15) is 20.3 Å². The fourth-order valence-electron chi connectivity index (χ4n) is 1.85. The molecule has 20 heavy (non-hydrogen) atoms. The predicted octanol–water partition coefficient (Wildman–Crippen LogP) is 1.78. The van der Waals surface area contributed by atoms with E-state index >= 15 is 0 Å². The summed E-state index contributed by atoms with van der Waals surface area (Å²) in [6.45, 7) is 3.90. The number of nitrogens with zero attached hydrogens (tertiary/aromatic N) is 1. The first-order valence-electron chi connectivity index (χ1n) is 6.57. The highest BCUT2D eigenvalue weighted by Gasteiger charge is 2.32. The number of ether oxygens (including phenoxy) is 2. The Bertz CT molecular complexity index is 326. The van der Waals surface area contributed by atoms with Gasteiger partial charge in [-0.25, -0.2) is 4.79 Å². The third-order valence-corrected chi connectivity index (χ3v) is 3.16. The molecule has 1 rings (SSSR count). The third kappa shape index (κ3) is 5.96. The highest BCUT2D eigenvalue weighted by molar-refractivity contribution is 5.74. The third-order valence-electron chi connectivity index (χ3n) is 3.16. The number of carbonyl (C=O) groups is 1. The topological polar surface area (TPSA) is 50.8 Å². The van der Waals surface area contributed by atoms with E-state index in [0.29, 0.717) is 19.7 Å². The number of rotatable bonds is 5. The van der Waals surface area contributed by atoms with Crippen LogP contribution < -0.4 is 5.32 Å². The molecule has 0 aromatic rings. The molecule has 1 N–H and O–H groups in total. The lowest BCUT2D eigenvalue weighted by Crippen LogP contribution is -2.54. The van der Waals surface area contributed by atoms with Gasteiger partial charge in [0.1, 0.15) is 6.61 Å². The van der Waals surface area contributed by atoms with Crippen LogP contribution in [-0.4, -0.2) is 62.2 Å².